The van der Waals surface area contributed by atoms with Crippen LogP contribution in [0.2, 0.25) is 0 Å². The smallest absolute Gasteiger partial charge is 0.118 e. The van der Waals surface area contributed by atoms with Crippen molar-refractivity contribution in [1.29, 1.82) is 0 Å². The van der Waals surface area contributed by atoms with Crippen LogP contribution in [0.1, 0.15) is 55.6 Å². The van der Waals surface area contributed by atoms with Gasteiger partial charge in [0.15, 0.2) is 0 Å². The van der Waals surface area contributed by atoms with Gasteiger partial charge in [-0.15, -0.1) is 5.11 Å². The molecule has 0 unspecified atom stereocenters. The Morgan fingerprint density at radius 1 is 0.480 bits per heavy atom. The maximum atomic E-state index is 5.47. The molecule has 50 heavy (non-hydrogen) atoms. The van der Waals surface area contributed by atoms with E-state index in [0.717, 1.165) is 89.7 Å². The molecule has 0 spiro atoms. The van der Waals surface area contributed by atoms with Crippen LogP contribution >= 0.6 is 0 Å². The van der Waals surface area contributed by atoms with Gasteiger partial charge in [0.25, 0.3) is 0 Å². The van der Waals surface area contributed by atoms with Crippen LogP contribution in [-0.4, -0.2) is 14.2 Å². The van der Waals surface area contributed by atoms with Crippen molar-refractivity contribution in [2.24, 2.45) is 10.2 Å². The van der Waals surface area contributed by atoms with Gasteiger partial charge in [-0.3, -0.25) is 0 Å². The molecule has 0 fully saturated rings. The van der Waals surface area contributed by atoms with E-state index in [2.05, 4.69) is 137 Å². The first-order valence-electron chi connectivity index (χ1n) is 16.8. The average molecular weight is 655 g/mol. The number of benzene rings is 6. The van der Waals surface area contributed by atoms with Crippen molar-refractivity contribution < 1.29 is 9.47 Å². The van der Waals surface area contributed by atoms with Gasteiger partial charge in [-0.25, -0.2) is 0 Å². The summed E-state index contributed by atoms with van der Waals surface area (Å²) >= 11 is 0. The summed E-state index contributed by atoms with van der Waals surface area (Å²) in [5, 5.41) is 10.2. The van der Waals surface area contributed by atoms with Gasteiger partial charge in [-0.2, -0.15) is 5.11 Å². The molecule has 6 rings (SSSR count). The van der Waals surface area contributed by atoms with Crippen molar-refractivity contribution in [3.63, 3.8) is 0 Å². The van der Waals surface area contributed by atoms with Gasteiger partial charge in [0.05, 0.1) is 19.9 Å². The zero-order valence-electron chi connectivity index (χ0n) is 29.6. The minimum absolute atomic E-state index is 0.814. The molecule has 0 amide bonds. The highest BCUT2D eigenvalue weighted by molar-refractivity contribution is 6.03. The van der Waals surface area contributed by atoms with Crippen LogP contribution in [0.25, 0.3) is 23.3 Å². The maximum absolute atomic E-state index is 5.47. The Bertz CT molecular complexity index is 2030. The summed E-state index contributed by atoms with van der Waals surface area (Å²) in [6.45, 7) is 8.52. The quantitative estimate of drug-likeness (QED) is 0.109. The number of nitrogens with zero attached hydrogens (tertiary/aromatic N) is 2. The first-order valence-corrected chi connectivity index (χ1v) is 16.8. The lowest BCUT2D eigenvalue weighted by Gasteiger charge is -2.22. The minimum Gasteiger partial charge on any atom is -0.497 e. The molecule has 0 radical (unpaired) electrons. The average Bonchev–Trinajstić information content (AvgIpc) is 3.13. The number of rotatable bonds is 10. The highest BCUT2D eigenvalue weighted by atomic mass is 16.5. The molecule has 0 heterocycles. The van der Waals surface area contributed by atoms with Crippen LogP contribution in [-0.2, 0) is 0 Å². The molecule has 0 aliphatic carbocycles. The first-order chi connectivity index (χ1) is 24.3. The normalized spacial score (nSPS) is 12.0. The summed E-state index contributed by atoms with van der Waals surface area (Å²) in [6.07, 6.45) is 4.48. The van der Waals surface area contributed by atoms with Crippen LogP contribution in [0.3, 0.4) is 0 Å². The summed E-state index contributed by atoms with van der Waals surface area (Å²) < 4.78 is 10.9. The Hall–Kier alpha value is -6.00. The van der Waals surface area contributed by atoms with E-state index < -0.39 is 0 Å². The summed E-state index contributed by atoms with van der Waals surface area (Å²) in [7, 11) is 3.38. The van der Waals surface area contributed by atoms with E-state index in [1.165, 1.54) is 0 Å². The van der Waals surface area contributed by atoms with Crippen LogP contribution in [0, 0.1) is 27.7 Å². The van der Waals surface area contributed by atoms with Gasteiger partial charge < -0.3 is 9.47 Å². The van der Waals surface area contributed by atoms with Crippen LogP contribution < -0.4 is 9.47 Å². The van der Waals surface area contributed by atoms with Crippen LogP contribution in [0.4, 0.5) is 11.4 Å². The molecule has 0 aliphatic heterocycles. The lowest BCUT2D eigenvalue weighted by Crippen LogP contribution is -2.01. The first kappa shape index (κ1) is 33.9. The number of hydrogen-bond acceptors (Lipinski definition) is 4. The summed E-state index contributed by atoms with van der Waals surface area (Å²) in [6, 6.07) is 46.0. The van der Waals surface area contributed by atoms with E-state index >= 15 is 0 Å². The summed E-state index contributed by atoms with van der Waals surface area (Å²) in [5.74, 6) is 1.63. The van der Waals surface area contributed by atoms with E-state index in [-0.39, 0.29) is 0 Å². The summed E-state index contributed by atoms with van der Waals surface area (Å²) in [4.78, 5) is 0. The molecule has 6 aromatic carbocycles. The Morgan fingerprint density at radius 3 is 1.30 bits per heavy atom. The third kappa shape index (κ3) is 7.82. The highest BCUT2D eigenvalue weighted by Gasteiger charge is 2.23. The van der Waals surface area contributed by atoms with E-state index in [4.69, 9.17) is 19.7 Å². The number of ether oxygens (including phenoxy) is 2. The molecule has 0 saturated carbocycles. The van der Waals surface area contributed by atoms with Gasteiger partial charge in [-0.05, 0) is 132 Å². The molecule has 0 saturated heterocycles. The van der Waals surface area contributed by atoms with Crippen molar-refractivity contribution in [3.05, 3.63) is 189 Å². The topological polar surface area (TPSA) is 43.2 Å². The Labute approximate surface area is 296 Å². The van der Waals surface area contributed by atoms with Crippen molar-refractivity contribution in [2.45, 2.75) is 27.7 Å². The van der Waals surface area contributed by atoms with Crippen molar-refractivity contribution in [1.82, 2.24) is 0 Å². The number of azo groups is 1. The van der Waals surface area contributed by atoms with E-state index in [0.29, 0.717) is 0 Å². The monoisotopic (exact) mass is 654 g/mol. The predicted molar refractivity (Wildman–Crippen MR) is 209 cm³/mol. The molecule has 0 bridgehead atoms. The van der Waals surface area contributed by atoms with Crippen LogP contribution in [0.15, 0.2) is 144 Å². The minimum atomic E-state index is 0.814. The number of aryl methyl sites for hydroxylation is 4. The fourth-order valence-corrected chi connectivity index (χ4v) is 6.43. The van der Waals surface area contributed by atoms with Gasteiger partial charge in [-0.1, -0.05) is 97.1 Å². The molecule has 0 aliphatic rings. The molecule has 4 nitrogen and oxygen atoms in total. The van der Waals surface area contributed by atoms with Gasteiger partial charge >= 0.3 is 0 Å². The molecular formula is C46H42N2O2. The molecule has 0 aromatic heterocycles. The number of hydrogen-bond donors (Lipinski definition) is 0. The Balaban J connectivity index is 1.70. The molecule has 248 valence electrons. The predicted octanol–water partition coefficient (Wildman–Crippen LogP) is 12.5. The van der Waals surface area contributed by atoms with Crippen molar-refractivity contribution >= 4 is 34.7 Å². The highest BCUT2D eigenvalue weighted by Crippen LogP contribution is 2.45. The van der Waals surface area contributed by atoms with E-state index in [1.54, 1.807) is 14.2 Å². The lowest BCUT2D eigenvalue weighted by molar-refractivity contribution is 0.414. The molecule has 0 N–H and O–H groups in total. The maximum Gasteiger partial charge on any atom is 0.118 e. The Kier molecular flexibility index (Phi) is 10.5. The standard InChI is InChI=1S/C46H42N2O2/c1-31-25-32(2)27-39(26-31)47-48-46-44(42(37-13-9-7-10-14-37)29-35-17-21-40(49-5)22-18-35)33(3)28-34(4)45(46)43(38-15-11-8-12-16-38)30-36-19-23-41(50-6)24-20-36/h7-30H,1-6H3/b42-29-,43-30-,48-47?. The number of methoxy groups -OCH3 is 2. The molecular weight excluding hydrogens is 613 g/mol. The lowest BCUT2D eigenvalue weighted by atomic mass is 9.83. The largest absolute Gasteiger partial charge is 0.497 e. The van der Waals surface area contributed by atoms with Gasteiger partial charge in [0.1, 0.15) is 17.2 Å². The fourth-order valence-electron chi connectivity index (χ4n) is 6.43. The SMILES string of the molecule is COc1ccc(/C=C(/c2ccccc2)c2c(C)cc(C)c(/C(=C\c3ccc(OC)cc3)c3ccccc3)c2N=Nc2cc(C)cc(C)c2)cc1. The molecule has 6 aromatic rings. The summed E-state index contributed by atoms with van der Waals surface area (Å²) in [5.41, 5.74) is 14.6. The zero-order valence-corrected chi connectivity index (χ0v) is 29.6. The van der Waals surface area contributed by atoms with Crippen molar-refractivity contribution in [2.75, 3.05) is 14.2 Å². The molecule has 0 atom stereocenters. The fraction of sp³-hybridized carbons (Fsp3) is 0.130. The molecule has 4 heteroatoms. The van der Waals surface area contributed by atoms with Crippen LogP contribution in [0.5, 0.6) is 11.5 Å². The second-order valence-electron chi connectivity index (χ2n) is 12.5. The van der Waals surface area contributed by atoms with Crippen molar-refractivity contribution in [3.8, 4) is 11.5 Å². The van der Waals surface area contributed by atoms with E-state index in [9.17, 15) is 0 Å². The third-order valence-corrected chi connectivity index (χ3v) is 8.73. The third-order valence-electron chi connectivity index (χ3n) is 8.73. The zero-order chi connectivity index (χ0) is 35.0. The van der Waals surface area contributed by atoms with Gasteiger partial charge in [0.2, 0.25) is 0 Å². The van der Waals surface area contributed by atoms with E-state index in [1.807, 2.05) is 36.4 Å². The Morgan fingerprint density at radius 2 is 0.900 bits per heavy atom. The second-order valence-corrected chi connectivity index (χ2v) is 12.5. The second kappa shape index (κ2) is 15.5. The van der Waals surface area contributed by atoms with Gasteiger partial charge in [0, 0.05) is 11.1 Å².